The summed E-state index contributed by atoms with van der Waals surface area (Å²) >= 11 is 0. The van der Waals surface area contributed by atoms with Crippen LogP contribution < -0.4 is 15.4 Å². The first-order valence-electron chi connectivity index (χ1n) is 9.93. The summed E-state index contributed by atoms with van der Waals surface area (Å²) in [7, 11) is 0. The van der Waals surface area contributed by atoms with E-state index < -0.39 is 0 Å². The number of rotatable bonds is 6. The second-order valence-corrected chi connectivity index (χ2v) is 7.46. The lowest BCUT2D eigenvalue weighted by atomic mass is 9.95. The van der Waals surface area contributed by atoms with Crippen LogP contribution in [0.1, 0.15) is 53.6 Å². The molecule has 5 heteroatoms. The van der Waals surface area contributed by atoms with Gasteiger partial charge in [0.1, 0.15) is 5.75 Å². The van der Waals surface area contributed by atoms with Crippen molar-refractivity contribution in [2.75, 3.05) is 11.9 Å². The minimum atomic E-state index is -0.294. The molecule has 0 aromatic heterocycles. The van der Waals surface area contributed by atoms with Crippen molar-refractivity contribution in [2.45, 2.75) is 52.0 Å². The van der Waals surface area contributed by atoms with Crippen LogP contribution in [0.25, 0.3) is 0 Å². The quantitative estimate of drug-likeness (QED) is 0.781. The van der Waals surface area contributed by atoms with Crippen LogP contribution in [-0.2, 0) is 4.79 Å². The van der Waals surface area contributed by atoms with Crippen molar-refractivity contribution in [3.8, 4) is 5.75 Å². The Morgan fingerprint density at radius 1 is 1.04 bits per heavy atom. The van der Waals surface area contributed by atoms with Crippen molar-refractivity contribution in [3.05, 3.63) is 59.2 Å². The van der Waals surface area contributed by atoms with Gasteiger partial charge in [-0.05, 0) is 50.5 Å². The summed E-state index contributed by atoms with van der Waals surface area (Å²) in [5.41, 5.74) is 3.12. The van der Waals surface area contributed by atoms with Crippen LogP contribution in [0, 0.1) is 13.8 Å². The maximum atomic E-state index is 12.7. The van der Waals surface area contributed by atoms with Crippen molar-refractivity contribution >= 4 is 17.5 Å². The molecule has 0 radical (unpaired) electrons. The number of aryl methyl sites for hydroxylation is 2. The zero-order valence-electron chi connectivity index (χ0n) is 16.6. The Kier molecular flexibility index (Phi) is 6.69. The van der Waals surface area contributed by atoms with E-state index in [-0.39, 0.29) is 24.5 Å². The number of anilines is 1. The molecule has 28 heavy (non-hydrogen) atoms. The first-order chi connectivity index (χ1) is 13.5. The lowest BCUT2D eigenvalue weighted by Crippen LogP contribution is -2.36. The summed E-state index contributed by atoms with van der Waals surface area (Å²) in [5, 5.41) is 5.90. The Morgan fingerprint density at radius 3 is 2.54 bits per heavy atom. The van der Waals surface area contributed by atoms with Crippen LogP contribution in [-0.4, -0.2) is 24.5 Å². The summed E-state index contributed by atoms with van der Waals surface area (Å²) in [4.78, 5) is 25.0. The monoisotopic (exact) mass is 380 g/mol. The summed E-state index contributed by atoms with van der Waals surface area (Å²) < 4.78 is 5.64. The fraction of sp³-hybridized carbons (Fsp3) is 0.391. The molecule has 0 spiro atoms. The fourth-order valence-corrected chi connectivity index (χ4v) is 3.59. The highest BCUT2D eigenvalue weighted by atomic mass is 16.5. The molecule has 3 rings (SSSR count). The van der Waals surface area contributed by atoms with Crippen LogP contribution in [0.2, 0.25) is 0 Å². The van der Waals surface area contributed by atoms with Gasteiger partial charge < -0.3 is 15.4 Å². The Morgan fingerprint density at radius 2 is 1.79 bits per heavy atom. The Balaban J connectivity index is 1.60. The number of amides is 2. The molecule has 2 aromatic carbocycles. The van der Waals surface area contributed by atoms with E-state index in [2.05, 4.69) is 10.6 Å². The number of nitrogens with one attached hydrogen (secondary N) is 2. The van der Waals surface area contributed by atoms with Crippen molar-refractivity contribution in [2.24, 2.45) is 0 Å². The Bertz CT molecular complexity index is 841. The van der Waals surface area contributed by atoms with Gasteiger partial charge >= 0.3 is 0 Å². The number of carbonyl (C=O) groups excluding carboxylic acids is 2. The van der Waals surface area contributed by atoms with Gasteiger partial charge in [0.2, 0.25) is 0 Å². The first-order valence-corrected chi connectivity index (χ1v) is 9.93. The molecule has 2 N–H and O–H groups in total. The van der Waals surface area contributed by atoms with Crippen LogP contribution in [0.15, 0.2) is 42.5 Å². The molecule has 0 unspecified atom stereocenters. The second kappa shape index (κ2) is 9.40. The predicted octanol–water partition coefficient (Wildman–Crippen LogP) is 4.38. The molecule has 0 atom stereocenters. The van der Waals surface area contributed by atoms with Gasteiger partial charge in [-0.3, -0.25) is 9.59 Å². The number of hydrogen-bond donors (Lipinski definition) is 2. The zero-order chi connectivity index (χ0) is 19.9. The number of para-hydroxylation sites is 1. The van der Waals surface area contributed by atoms with Crippen molar-refractivity contribution in [3.63, 3.8) is 0 Å². The van der Waals surface area contributed by atoms with Gasteiger partial charge in [-0.15, -0.1) is 0 Å². The molecule has 2 aromatic rings. The second-order valence-electron chi connectivity index (χ2n) is 7.46. The van der Waals surface area contributed by atoms with Crippen molar-refractivity contribution in [1.82, 2.24) is 5.32 Å². The largest absolute Gasteiger partial charge is 0.483 e. The van der Waals surface area contributed by atoms with E-state index in [1.807, 2.05) is 32.0 Å². The SMILES string of the molecule is Cc1ccc(OCC(=O)Nc2ccccc2C(=O)NC2CCCCC2)c(C)c1. The molecule has 1 aliphatic carbocycles. The van der Waals surface area contributed by atoms with E-state index in [9.17, 15) is 9.59 Å². The molecule has 148 valence electrons. The van der Waals surface area contributed by atoms with Gasteiger partial charge in [0.05, 0.1) is 11.3 Å². The van der Waals surface area contributed by atoms with E-state index in [1.54, 1.807) is 24.3 Å². The molecule has 1 saturated carbocycles. The lowest BCUT2D eigenvalue weighted by molar-refractivity contribution is -0.118. The molecular formula is C23H28N2O3. The minimum absolute atomic E-state index is 0.109. The molecule has 0 aliphatic heterocycles. The topological polar surface area (TPSA) is 67.4 Å². The third-order valence-electron chi connectivity index (χ3n) is 5.08. The fourth-order valence-electron chi connectivity index (χ4n) is 3.59. The number of hydrogen-bond acceptors (Lipinski definition) is 3. The number of ether oxygens (including phenoxy) is 1. The van der Waals surface area contributed by atoms with Gasteiger partial charge in [0.25, 0.3) is 11.8 Å². The standard InChI is InChI=1S/C23H28N2O3/c1-16-12-13-21(17(2)14-16)28-15-22(26)25-20-11-7-6-10-19(20)23(27)24-18-8-4-3-5-9-18/h6-7,10-14,18H,3-5,8-9,15H2,1-2H3,(H,24,27)(H,25,26). The summed E-state index contributed by atoms with van der Waals surface area (Å²) in [6.45, 7) is 3.85. The van der Waals surface area contributed by atoms with Crippen LogP contribution in [0.5, 0.6) is 5.75 Å². The van der Waals surface area contributed by atoms with Crippen LogP contribution >= 0.6 is 0 Å². The normalized spacial score (nSPS) is 14.4. The summed E-state index contributed by atoms with van der Waals surface area (Å²) in [6.07, 6.45) is 5.58. The van der Waals surface area contributed by atoms with Gasteiger partial charge in [0, 0.05) is 6.04 Å². The molecule has 0 heterocycles. The lowest BCUT2D eigenvalue weighted by Gasteiger charge is -2.23. The zero-order valence-corrected chi connectivity index (χ0v) is 16.6. The smallest absolute Gasteiger partial charge is 0.262 e. The van der Waals surface area contributed by atoms with E-state index in [1.165, 1.54) is 6.42 Å². The third kappa shape index (κ3) is 5.35. The van der Waals surface area contributed by atoms with E-state index in [0.717, 1.165) is 36.8 Å². The molecule has 2 amide bonds. The van der Waals surface area contributed by atoms with Gasteiger partial charge in [-0.2, -0.15) is 0 Å². The average Bonchev–Trinajstić information content (AvgIpc) is 2.68. The molecule has 5 nitrogen and oxygen atoms in total. The highest BCUT2D eigenvalue weighted by Gasteiger charge is 2.19. The Labute approximate surface area is 166 Å². The maximum Gasteiger partial charge on any atom is 0.262 e. The van der Waals surface area contributed by atoms with Crippen molar-refractivity contribution in [1.29, 1.82) is 0 Å². The minimum Gasteiger partial charge on any atom is -0.483 e. The molecular weight excluding hydrogens is 352 g/mol. The number of benzene rings is 2. The predicted molar refractivity (Wildman–Crippen MR) is 111 cm³/mol. The molecule has 1 aliphatic rings. The van der Waals surface area contributed by atoms with E-state index in [0.29, 0.717) is 17.0 Å². The van der Waals surface area contributed by atoms with E-state index >= 15 is 0 Å². The molecule has 1 fully saturated rings. The highest BCUT2D eigenvalue weighted by Crippen LogP contribution is 2.21. The maximum absolute atomic E-state index is 12.7. The van der Waals surface area contributed by atoms with Crippen LogP contribution in [0.4, 0.5) is 5.69 Å². The van der Waals surface area contributed by atoms with E-state index in [4.69, 9.17) is 4.74 Å². The molecule has 0 bridgehead atoms. The average molecular weight is 380 g/mol. The first kappa shape index (κ1) is 19.9. The number of carbonyl (C=O) groups is 2. The highest BCUT2D eigenvalue weighted by molar-refractivity contribution is 6.04. The van der Waals surface area contributed by atoms with Gasteiger partial charge in [-0.1, -0.05) is 49.1 Å². The molecule has 0 saturated heterocycles. The summed E-state index contributed by atoms with van der Waals surface area (Å²) in [6, 6.07) is 13.1. The van der Waals surface area contributed by atoms with Gasteiger partial charge in [0.15, 0.2) is 6.61 Å². The summed E-state index contributed by atoms with van der Waals surface area (Å²) in [5.74, 6) is 0.250. The Hall–Kier alpha value is -2.82. The van der Waals surface area contributed by atoms with Gasteiger partial charge in [-0.25, -0.2) is 0 Å². The van der Waals surface area contributed by atoms with Crippen molar-refractivity contribution < 1.29 is 14.3 Å². The van der Waals surface area contributed by atoms with Crippen LogP contribution in [0.3, 0.4) is 0 Å². The third-order valence-corrected chi connectivity index (χ3v) is 5.08.